The number of hydrogen-bond donors (Lipinski definition) is 0. The minimum atomic E-state index is -0.462. The van der Waals surface area contributed by atoms with Gasteiger partial charge < -0.3 is 9.15 Å². The fourth-order valence-corrected chi connectivity index (χ4v) is 1.89. The van der Waals surface area contributed by atoms with Crippen molar-refractivity contribution in [3.63, 3.8) is 0 Å². The molecule has 0 aliphatic heterocycles. The van der Waals surface area contributed by atoms with Gasteiger partial charge in [-0.1, -0.05) is 24.6 Å². The Morgan fingerprint density at radius 3 is 2.84 bits per heavy atom. The normalized spacial score (nSPS) is 10.5. The standard InChI is InChI=1S/C14H14ClNO3/c1-3-11-12(14(17)18-4-2)16-13(19-11)9-6-5-7-10(15)8-9/h5-8H,3-4H2,1-2H3. The fourth-order valence-electron chi connectivity index (χ4n) is 1.70. The Hall–Kier alpha value is -1.81. The molecule has 0 fully saturated rings. The second-order valence-corrected chi connectivity index (χ2v) is 4.31. The summed E-state index contributed by atoms with van der Waals surface area (Å²) in [4.78, 5) is 16.0. The summed E-state index contributed by atoms with van der Waals surface area (Å²) in [6.07, 6.45) is 0.571. The highest BCUT2D eigenvalue weighted by molar-refractivity contribution is 6.30. The summed E-state index contributed by atoms with van der Waals surface area (Å²) in [6, 6.07) is 7.13. The van der Waals surface area contributed by atoms with E-state index in [-0.39, 0.29) is 5.69 Å². The lowest BCUT2D eigenvalue weighted by atomic mass is 10.2. The van der Waals surface area contributed by atoms with Crippen LogP contribution in [0.25, 0.3) is 11.5 Å². The molecule has 0 amide bonds. The molecule has 0 radical (unpaired) electrons. The maximum atomic E-state index is 11.8. The van der Waals surface area contributed by atoms with Gasteiger partial charge in [-0.3, -0.25) is 0 Å². The lowest BCUT2D eigenvalue weighted by Crippen LogP contribution is -2.07. The van der Waals surface area contributed by atoms with Crippen molar-refractivity contribution in [2.75, 3.05) is 6.61 Å². The van der Waals surface area contributed by atoms with Gasteiger partial charge in [-0.15, -0.1) is 0 Å². The lowest BCUT2D eigenvalue weighted by molar-refractivity contribution is 0.0518. The topological polar surface area (TPSA) is 52.3 Å². The molecule has 4 nitrogen and oxygen atoms in total. The predicted octanol–water partition coefficient (Wildman–Crippen LogP) is 3.73. The van der Waals surface area contributed by atoms with Gasteiger partial charge in [0.15, 0.2) is 5.69 Å². The highest BCUT2D eigenvalue weighted by atomic mass is 35.5. The molecule has 5 heteroatoms. The average molecular weight is 280 g/mol. The predicted molar refractivity (Wildman–Crippen MR) is 72.3 cm³/mol. The van der Waals surface area contributed by atoms with E-state index in [9.17, 15) is 4.79 Å². The Bertz CT molecular complexity index is 592. The van der Waals surface area contributed by atoms with Crippen molar-refractivity contribution in [2.45, 2.75) is 20.3 Å². The Kier molecular flexibility index (Phi) is 4.22. The molecule has 0 spiro atoms. The van der Waals surface area contributed by atoms with Gasteiger partial charge in [0.05, 0.1) is 6.61 Å². The molecule has 1 aromatic heterocycles. The van der Waals surface area contributed by atoms with Crippen LogP contribution in [0.5, 0.6) is 0 Å². The van der Waals surface area contributed by atoms with E-state index in [2.05, 4.69) is 4.98 Å². The van der Waals surface area contributed by atoms with E-state index >= 15 is 0 Å². The Balaban J connectivity index is 2.41. The summed E-state index contributed by atoms with van der Waals surface area (Å²) < 4.78 is 10.6. The largest absolute Gasteiger partial charge is 0.461 e. The number of hydrogen-bond acceptors (Lipinski definition) is 4. The molecule has 1 heterocycles. The first kappa shape index (κ1) is 13.6. The number of esters is 1. The maximum Gasteiger partial charge on any atom is 0.360 e. The lowest BCUT2D eigenvalue weighted by Gasteiger charge is -1.97. The minimum absolute atomic E-state index is 0.235. The number of aromatic nitrogens is 1. The summed E-state index contributed by atoms with van der Waals surface area (Å²) in [5, 5.41) is 0.589. The molecule has 100 valence electrons. The molecule has 1 aromatic carbocycles. The van der Waals surface area contributed by atoms with Crippen LogP contribution in [0.3, 0.4) is 0 Å². The van der Waals surface area contributed by atoms with E-state index in [4.69, 9.17) is 20.8 Å². The molecule has 0 saturated heterocycles. The maximum absolute atomic E-state index is 11.8. The van der Waals surface area contributed by atoms with Gasteiger partial charge in [-0.2, -0.15) is 0 Å². The number of oxazole rings is 1. The minimum Gasteiger partial charge on any atom is -0.461 e. The molecule has 2 rings (SSSR count). The molecule has 0 saturated carbocycles. The number of halogens is 1. The number of ether oxygens (including phenoxy) is 1. The Morgan fingerprint density at radius 2 is 2.21 bits per heavy atom. The molecule has 0 aliphatic rings. The number of carbonyl (C=O) groups is 1. The van der Waals surface area contributed by atoms with Crippen molar-refractivity contribution < 1.29 is 13.9 Å². The van der Waals surface area contributed by atoms with Crippen molar-refractivity contribution >= 4 is 17.6 Å². The number of rotatable bonds is 4. The van der Waals surface area contributed by atoms with Crippen LogP contribution in [0.1, 0.15) is 30.1 Å². The summed E-state index contributed by atoms with van der Waals surface area (Å²) in [5.74, 6) is 0.437. The van der Waals surface area contributed by atoms with Crippen LogP contribution in [-0.4, -0.2) is 17.6 Å². The number of carbonyl (C=O) groups excluding carboxylic acids is 1. The zero-order chi connectivity index (χ0) is 13.8. The molecule has 0 bridgehead atoms. The molecule has 0 unspecified atom stereocenters. The van der Waals surface area contributed by atoms with Gasteiger partial charge in [-0.25, -0.2) is 9.78 Å². The highest BCUT2D eigenvalue weighted by Gasteiger charge is 2.20. The summed E-state index contributed by atoms with van der Waals surface area (Å²) >= 11 is 5.93. The zero-order valence-electron chi connectivity index (χ0n) is 10.8. The SMILES string of the molecule is CCOC(=O)c1nc(-c2cccc(Cl)c2)oc1CC. The third-order valence-corrected chi connectivity index (χ3v) is 2.79. The van der Waals surface area contributed by atoms with Crippen LogP contribution in [0.15, 0.2) is 28.7 Å². The van der Waals surface area contributed by atoms with Crippen LogP contribution in [0.4, 0.5) is 0 Å². The first-order valence-corrected chi connectivity index (χ1v) is 6.46. The quantitative estimate of drug-likeness (QED) is 0.800. The van der Waals surface area contributed by atoms with E-state index in [1.807, 2.05) is 13.0 Å². The molecule has 0 aliphatic carbocycles. The van der Waals surface area contributed by atoms with E-state index in [1.165, 1.54) is 0 Å². The zero-order valence-corrected chi connectivity index (χ0v) is 11.5. The second-order valence-electron chi connectivity index (χ2n) is 3.88. The van der Waals surface area contributed by atoms with Crippen LogP contribution in [-0.2, 0) is 11.2 Å². The van der Waals surface area contributed by atoms with Crippen LogP contribution in [0, 0.1) is 0 Å². The van der Waals surface area contributed by atoms with Gasteiger partial charge in [0.1, 0.15) is 5.76 Å². The molecule has 2 aromatic rings. The van der Waals surface area contributed by atoms with E-state index < -0.39 is 5.97 Å². The highest BCUT2D eigenvalue weighted by Crippen LogP contribution is 2.25. The molecular formula is C14H14ClNO3. The number of aryl methyl sites for hydroxylation is 1. The summed E-state index contributed by atoms with van der Waals surface area (Å²) in [5.41, 5.74) is 0.970. The van der Waals surface area contributed by atoms with E-state index in [0.29, 0.717) is 29.7 Å². The van der Waals surface area contributed by atoms with Crippen molar-refractivity contribution in [1.82, 2.24) is 4.98 Å². The van der Waals surface area contributed by atoms with Gasteiger partial charge in [0.25, 0.3) is 0 Å². The molecule has 0 atom stereocenters. The first-order chi connectivity index (χ1) is 9.15. The first-order valence-electron chi connectivity index (χ1n) is 6.08. The van der Waals surface area contributed by atoms with Gasteiger partial charge in [0, 0.05) is 17.0 Å². The number of benzene rings is 1. The Morgan fingerprint density at radius 1 is 1.42 bits per heavy atom. The smallest absolute Gasteiger partial charge is 0.360 e. The summed E-state index contributed by atoms with van der Waals surface area (Å²) in [6.45, 7) is 3.95. The summed E-state index contributed by atoms with van der Waals surface area (Å²) in [7, 11) is 0. The number of nitrogens with zero attached hydrogens (tertiary/aromatic N) is 1. The van der Waals surface area contributed by atoms with Crippen molar-refractivity contribution in [3.8, 4) is 11.5 Å². The van der Waals surface area contributed by atoms with Gasteiger partial charge >= 0.3 is 5.97 Å². The fraction of sp³-hybridized carbons (Fsp3) is 0.286. The van der Waals surface area contributed by atoms with E-state index in [1.54, 1.807) is 25.1 Å². The van der Waals surface area contributed by atoms with E-state index in [0.717, 1.165) is 5.56 Å². The van der Waals surface area contributed by atoms with Crippen molar-refractivity contribution in [2.24, 2.45) is 0 Å². The third kappa shape index (κ3) is 2.96. The molecule has 0 N–H and O–H groups in total. The van der Waals surface area contributed by atoms with Gasteiger partial charge in [-0.05, 0) is 25.1 Å². The monoisotopic (exact) mass is 279 g/mol. The third-order valence-electron chi connectivity index (χ3n) is 2.56. The molecular weight excluding hydrogens is 266 g/mol. The van der Waals surface area contributed by atoms with Crippen molar-refractivity contribution in [3.05, 3.63) is 40.7 Å². The van der Waals surface area contributed by atoms with Gasteiger partial charge in [0.2, 0.25) is 5.89 Å². The second kappa shape index (κ2) is 5.89. The van der Waals surface area contributed by atoms with Crippen LogP contribution in [0.2, 0.25) is 5.02 Å². The molecule has 19 heavy (non-hydrogen) atoms. The average Bonchev–Trinajstić information content (AvgIpc) is 2.83. The Labute approximate surface area is 116 Å². The van der Waals surface area contributed by atoms with Crippen LogP contribution >= 0.6 is 11.6 Å². The van der Waals surface area contributed by atoms with Crippen molar-refractivity contribution in [1.29, 1.82) is 0 Å². The van der Waals surface area contributed by atoms with Crippen LogP contribution < -0.4 is 0 Å².